The molecule has 106 valence electrons. The zero-order valence-corrected chi connectivity index (χ0v) is 11.3. The Balaban J connectivity index is 2.23. The van der Waals surface area contributed by atoms with Crippen molar-refractivity contribution in [2.45, 2.75) is 27.0 Å². The maximum atomic E-state index is 13.5. The van der Waals surface area contributed by atoms with Crippen LogP contribution in [0.25, 0.3) is 0 Å². The van der Waals surface area contributed by atoms with Crippen molar-refractivity contribution < 1.29 is 19.0 Å². The second-order valence-corrected chi connectivity index (χ2v) is 4.30. The third-order valence-corrected chi connectivity index (χ3v) is 2.85. The first-order chi connectivity index (χ1) is 9.52. The molecule has 0 aliphatic heterocycles. The first-order valence-electron chi connectivity index (χ1n) is 6.20. The molecule has 0 bridgehead atoms. The number of aryl methyl sites for hydroxylation is 2. The van der Waals surface area contributed by atoms with Gasteiger partial charge in [0.05, 0.1) is 11.4 Å². The lowest BCUT2D eigenvalue weighted by molar-refractivity contribution is 0.0686. The summed E-state index contributed by atoms with van der Waals surface area (Å²) in [5.74, 6) is -2.15. The summed E-state index contributed by atoms with van der Waals surface area (Å²) in [4.78, 5) is 11.0. The quantitative estimate of drug-likeness (QED) is 0.913. The smallest absolute Gasteiger partial charge is 0.342 e. The molecule has 0 saturated carbocycles. The normalized spacial score (nSPS) is 10.6. The van der Waals surface area contributed by atoms with E-state index in [4.69, 9.17) is 9.84 Å². The van der Waals surface area contributed by atoms with Gasteiger partial charge in [-0.25, -0.2) is 9.18 Å². The highest BCUT2D eigenvalue weighted by Crippen LogP contribution is 2.22. The number of benzene rings is 1. The molecular formula is C14H15FN2O3. The zero-order chi connectivity index (χ0) is 14.7. The van der Waals surface area contributed by atoms with Crippen LogP contribution in [0.4, 0.5) is 4.39 Å². The van der Waals surface area contributed by atoms with Crippen LogP contribution < -0.4 is 4.74 Å². The molecule has 0 aliphatic carbocycles. The van der Waals surface area contributed by atoms with Crippen LogP contribution in [-0.2, 0) is 13.2 Å². The van der Waals surface area contributed by atoms with E-state index >= 15 is 0 Å². The molecule has 20 heavy (non-hydrogen) atoms. The molecule has 1 aromatic carbocycles. The number of aromatic nitrogens is 2. The van der Waals surface area contributed by atoms with Gasteiger partial charge in [0.15, 0.2) is 0 Å². The van der Waals surface area contributed by atoms with Gasteiger partial charge in [-0.1, -0.05) is 6.07 Å². The predicted octanol–water partition coefficient (Wildman–Crippen LogP) is 2.63. The highest BCUT2D eigenvalue weighted by molar-refractivity contribution is 5.91. The van der Waals surface area contributed by atoms with Gasteiger partial charge in [-0.3, -0.25) is 4.68 Å². The number of carboxylic acids is 1. The van der Waals surface area contributed by atoms with Gasteiger partial charge < -0.3 is 9.84 Å². The topological polar surface area (TPSA) is 64.4 Å². The van der Waals surface area contributed by atoms with E-state index in [0.717, 1.165) is 17.5 Å². The van der Waals surface area contributed by atoms with Crippen LogP contribution in [0.5, 0.6) is 5.75 Å². The Morgan fingerprint density at radius 2 is 2.25 bits per heavy atom. The monoisotopic (exact) mass is 278 g/mol. The fourth-order valence-corrected chi connectivity index (χ4v) is 1.97. The Morgan fingerprint density at radius 1 is 1.50 bits per heavy atom. The van der Waals surface area contributed by atoms with Crippen molar-refractivity contribution in [3.05, 3.63) is 47.0 Å². The third-order valence-electron chi connectivity index (χ3n) is 2.85. The van der Waals surface area contributed by atoms with Crippen LogP contribution in [0, 0.1) is 12.7 Å². The molecule has 0 unspecified atom stereocenters. The summed E-state index contributed by atoms with van der Waals surface area (Å²) in [6, 6.07) is 5.80. The lowest BCUT2D eigenvalue weighted by Crippen LogP contribution is -2.09. The minimum atomic E-state index is -1.35. The minimum absolute atomic E-state index is 0.0130. The maximum absolute atomic E-state index is 13.5. The summed E-state index contributed by atoms with van der Waals surface area (Å²) in [5.41, 5.74) is 1.21. The Kier molecular flexibility index (Phi) is 4.02. The molecule has 5 nitrogen and oxygen atoms in total. The number of hydrogen-bond acceptors (Lipinski definition) is 3. The molecule has 0 fully saturated rings. The van der Waals surface area contributed by atoms with Gasteiger partial charge >= 0.3 is 5.97 Å². The summed E-state index contributed by atoms with van der Waals surface area (Å²) in [7, 11) is 0. The lowest BCUT2D eigenvalue weighted by atomic mass is 10.2. The largest absolute Gasteiger partial charge is 0.486 e. The number of nitrogens with zero attached hydrogens (tertiary/aromatic N) is 2. The zero-order valence-electron chi connectivity index (χ0n) is 11.3. The molecule has 1 N–H and O–H groups in total. The molecule has 2 aromatic rings. The molecule has 6 heteroatoms. The van der Waals surface area contributed by atoms with Crippen LogP contribution in [0.2, 0.25) is 0 Å². The molecule has 0 amide bonds. The third kappa shape index (κ3) is 2.79. The predicted molar refractivity (Wildman–Crippen MR) is 70.3 cm³/mol. The summed E-state index contributed by atoms with van der Waals surface area (Å²) in [6.07, 6.45) is 0. The highest BCUT2D eigenvalue weighted by atomic mass is 19.1. The van der Waals surface area contributed by atoms with Crippen LogP contribution in [0.1, 0.15) is 28.7 Å². The first kappa shape index (κ1) is 14.0. The Labute approximate surface area is 115 Å². The van der Waals surface area contributed by atoms with E-state index in [1.807, 2.05) is 19.9 Å². The summed E-state index contributed by atoms with van der Waals surface area (Å²) < 4.78 is 20.7. The van der Waals surface area contributed by atoms with Gasteiger partial charge in [0.2, 0.25) is 0 Å². The van der Waals surface area contributed by atoms with Crippen LogP contribution in [-0.4, -0.2) is 20.9 Å². The van der Waals surface area contributed by atoms with Crippen molar-refractivity contribution in [2.24, 2.45) is 0 Å². The number of hydrogen-bond donors (Lipinski definition) is 1. The number of rotatable bonds is 5. The Morgan fingerprint density at radius 3 is 2.90 bits per heavy atom. The second-order valence-electron chi connectivity index (χ2n) is 4.30. The first-order valence-corrected chi connectivity index (χ1v) is 6.20. The van der Waals surface area contributed by atoms with Crippen molar-refractivity contribution in [3.63, 3.8) is 0 Å². The van der Waals surface area contributed by atoms with Gasteiger partial charge in [-0.15, -0.1) is 0 Å². The molecule has 0 radical (unpaired) electrons. The van der Waals surface area contributed by atoms with Crippen molar-refractivity contribution >= 4 is 5.97 Å². The van der Waals surface area contributed by atoms with E-state index in [9.17, 15) is 9.18 Å². The molecule has 0 atom stereocenters. The molecule has 2 rings (SSSR count). The minimum Gasteiger partial charge on any atom is -0.486 e. The van der Waals surface area contributed by atoms with E-state index in [1.54, 1.807) is 4.68 Å². The molecule has 1 heterocycles. The molecule has 1 aromatic heterocycles. The fourth-order valence-electron chi connectivity index (χ4n) is 1.97. The van der Waals surface area contributed by atoms with Gasteiger partial charge in [0.1, 0.15) is 23.7 Å². The van der Waals surface area contributed by atoms with E-state index in [2.05, 4.69) is 5.10 Å². The molecular weight excluding hydrogens is 263 g/mol. The van der Waals surface area contributed by atoms with Crippen molar-refractivity contribution in [3.8, 4) is 5.75 Å². The van der Waals surface area contributed by atoms with Crippen LogP contribution in [0.15, 0.2) is 24.3 Å². The fraction of sp³-hybridized carbons (Fsp3) is 0.286. The number of ether oxygens (including phenoxy) is 1. The lowest BCUT2D eigenvalue weighted by Gasteiger charge is -2.10. The van der Waals surface area contributed by atoms with Crippen molar-refractivity contribution in [2.75, 3.05) is 0 Å². The van der Waals surface area contributed by atoms with Gasteiger partial charge in [0, 0.05) is 6.54 Å². The maximum Gasteiger partial charge on any atom is 0.342 e. The van der Waals surface area contributed by atoms with Crippen molar-refractivity contribution in [1.82, 2.24) is 9.78 Å². The van der Waals surface area contributed by atoms with Crippen LogP contribution >= 0.6 is 0 Å². The summed E-state index contributed by atoms with van der Waals surface area (Å²) in [6.45, 7) is 4.63. The van der Waals surface area contributed by atoms with Gasteiger partial charge in [0.25, 0.3) is 0 Å². The number of halogens is 1. The number of carbonyl (C=O) groups is 1. The highest BCUT2D eigenvalue weighted by Gasteiger charge is 2.17. The van der Waals surface area contributed by atoms with Gasteiger partial charge in [-0.2, -0.15) is 5.10 Å². The average molecular weight is 278 g/mol. The Hall–Kier alpha value is -2.37. The van der Waals surface area contributed by atoms with E-state index in [-0.39, 0.29) is 12.4 Å². The average Bonchev–Trinajstić information content (AvgIpc) is 2.76. The van der Waals surface area contributed by atoms with E-state index in [0.29, 0.717) is 6.54 Å². The second kappa shape index (κ2) is 5.73. The van der Waals surface area contributed by atoms with E-state index < -0.39 is 17.3 Å². The summed E-state index contributed by atoms with van der Waals surface area (Å²) in [5, 5.41) is 13.3. The number of aromatic carboxylic acids is 1. The van der Waals surface area contributed by atoms with Crippen molar-refractivity contribution in [1.29, 1.82) is 0 Å². The number of carboxylic acid groups (broad SMARTS) is 1. The standard InChI is InChI=1S/C14H15FN2O3/c1-3-17-10(7-9(2)16-17)8-20-12-6-4-5-11(15)13(12)14(18)19/h4-7H,3,8H2,1-2H3,(H,18,19). The summed E-state index contributed by atoms with van der Waals surface area (Å²) >= 11 is 0. The Bertz CT molecular complexity index is 637. The van der Waals surface area contributed by atoms with E-state index in [1.165, 1.54) is 12.1 Å². The SMILES string of the molecule is CCn1nc(C)cc1COc1cccc(F)c1C(=O)O. The van der Waals surface area contributed by atoms with Crippen LogP contribution in [0.3, 0.4) is 0 Å². The molecule has 0 spiro atoms. The molecule has 0 aliphatic rings. The van der Waals surface area contributed by atoms with Gasteiger partial charge in [-0.05, 0) is 32.0 Å². The molecule has 0 saturated heterocycles.